The lowest BCUT2D eigenvalue weighted by Crippen LogP contribution is -1.75. The standard InChI is InChI=1S/C7H9NS2/c1-9-6-3-7(10-2)5-8-4-6/h3-5H,1-2H3. The Morgan fingerprint density at radius 3 is 2.00 bits per heavy atom. The first-order valence-electron chi connectivity index (χ1n) is 2.90. The fourth-order valence-electron chi connectivity index (χ4n) is 0.622. The van der Waals surface area contributed by atoms with Crippen molar-refractivity contribution in [3.05, 3.63) is 18.5 Å². The van der Waals surface area contributed by atoms with Crippen molar-refractivity contribution in [3.63, 3.8) is 0 Å². The van der Waals surface area contributed by atoms with Crippen molar-refractivity contribution in [2.75, 3.05) is 12.5 Å². The molecule has 1 aromatic heterocycles. The van der Waals surface area contributed by atoms with E-state index in [9.17, 15) is 0 Å². The van der Waals surface area contributed by atoms with Crippen LogP contribution >= 0.6 is 23.5 Å². The maximum atomic E-state index is 4.08. The number of rotatable bonds is 2. The minimum Gasteiger partial charge on any atom is -0.262 e. The molecule has 0 aliphatic heterocycles. The molecule has 1 nitrogen and oxygen atoms in total. The van der Waals surface area contributed by atoms with Gasteiger partial charge in [0.2, 0.25) is 0 Å². The molecule has 0 saturated heterocycles. The van der Waals surface area contributed by atoms with E-state index in [1.54, 1.807) is 23.5 Å². The predicted molar refractivity (Wildman–Crippen MR) is 47.8 cm³/mol. The van der Waals surface area contributed by atoms with Gasteiger partial charge in [-0.25, -0.2) is 0 Å². The quantitative estimate of drug-likeness (QED) is 0.635. The number of aromatic nitrogens is 1. The van der Waals surface area contributed by atoms with Crippen LogP contribution in [0.15, 0.2) is 28.3 Å². The van der Waals surface area contributed by atoms with Gasteiger partial charge in [0.1, 0.15) is 0 Å². The van der Waals surface area contributed by atoms with Crippen LogP contribution in [-0.4, -0.2) is 17.5 Å². The molecule has 10 heavy (non-hydrogen) atoms. The Hall–Kier alpha value is -0.150. The van der Waals surface area contributed by atoms with Crippen molar-refractivity contribution in [3.8, 4) is 0 Å². The molecular formula is C7H9NS2. The zero-order valence-corrected chi connectivity index (χ0v) is 7.63. The third kappa shape index (κ3) is 1.92. The minimum atomic E-state index is 1.23. The first kappa shape index (κ1) is 7.95. The van der Waals surface area contributed by atoms with E-state index in [4.69, 9.17) is 0 Å². The number of thioether (sulfide) groups is 2. The lowest BCUT2D eigenvalue weighted by atomic mass is 10.5. The highest BCUT2D eigenvalue weighted by Crippen LogP contribution is 2.19. The van der Waals surface area contributed by atoms with E-state index in [0.29, 0.717) is 0 Å². The molecule has 0 atom stereocenters. The third-order valence-corrected chi connectivity index (χ3v) is 2.55. The summed E-state index contributed by atoms with van der Waals surface area (Å²) in [4.78, 5) is 6.54. The lowest BCUT2D eigenvalue weighted by molar-refractivity contribution is 1.16. The number of pyridine rings is 1. The van der Waals surface area contributed by atoms with Crippen LogP contribution in [0, 0.1) is 0 Å². The summed E-state index contributed by atoms with van der Waals surface area (Å²) >= 11 is 3.44. The summed E-state index contributed by atoms with van der Waals surface area (Å²) in [7, 11) is 0. The maximum absolute atomic E-state index is 4.08. The summed E-state index contributed by atoms with van der Waals surface area (Å²) < 4.78 is 0. The molecule has 0 N–H and O–H groups in total. The fourth-order valence-corrected chi connectivity index (χ4v) is 1.52. The van der Waals surface area contributed by atoms with E-state index in [-0.39, 0.29) is 0 Å². The Kier molecular flexibility index (Phi) is 3.09. The van der Waals surface area contributed by atoms with Crippen molar-refractivity contribution in [2.45, 2.75) is 9.79 Å². The Morgan fingerprint density at radius 1 is 1.10 bits per heavy atom. The summed E-state index contributed by atoms with van der Waals surface area (Å²) in [5, 5.41) is 0. The van der Waals surface area contributed by atoms with Crippen molar-refractivity contribution >= 4 is 23.5 Å². The van der Waals surface area contributed by atoms with Crippen LogP contribution < -0.4 is 0 Å². The second-order valence-corrected chi connectivity index (χ2v) is 3.52. The SMILES string of the molecule is CSc1cncc(SC)c1. The van der Waals surface area contributed by atoms with E-state index in [0.717, 1.165) is 0 Å². The van der Waals surface area contributed by atoms with E-state index in [1.165, 1.54) is 9.79 Å². The largest absolute Gasteiger partial charge is 0.262 e. The topological polar surface area (TPSA) is 12.9 Å². The Balaban J connectivity index is 2.87. The molecule has 1 rings (SSSR count). The van der Waals surface area contributed by atoms with Crippen LogP contribution in [0.25, 0.3) is 0 Å². The molecule has 0 bridgehead atoms. The van der Waals surface area contributed by atoms with Crippen LogP contribution in [0.1, 0.15) is 0 Å². The van der Waals surface area contributed by atoms with Crippen molar-refractivity contribution in [1.82, 2.24) is 4.98 Å². The predicted octanol–water partition coefficient (Wildman–Crippen LogP) is 2.53. The van der Waals surface area contributed by atoms with Gasteiger partial charge in [0.15, 0.2) is 0 Å². The Labute approximate surface area is 69.6 Å². The van der Waals surface area contributed by atoms with E-state index >= 15 is 0 Å². The molecule has 0 spiro atoms. The summed E-state index contributed by atoms with van der Waals surface area (Å²) in [6.45, 7) is 0. The molecule has 0 radical (unpaired) electrons. The van der Waals surface area contributed by atoms with E-state index in [1.807, 2.05) is 12.4 Å². The van der Waals surface area contributed by atoms with Gasteiger partial charge < -0.3 is 0 Å². The molecular weight excluding hydrogens is 162 g/mol. The summed E-state index contributed by atoms with van der Waals surface area (Å²) in [5.74, 6) is 0. The summed E-state index contributed by atoms with van der Waals surface area (Å²) in [6.07, 6.45) is 7.87. The van der Waals surface area contributed by atoms with Gasteiger partial charge in [0, 0.05) is 22.2 Å². The average molecular weight is 171 g/mol. The molecule has 1 aromatic rings. The van der Waals surface area contributed by atoms with Gasteiger partial charge in [0.05, 0.1) is 0 Å². The van der Waals surface area contributed by atoms with Crippen LogP contribution in [0.5, 0.6) is 0 Å². The molecule has 0 saturated carbocycles. The Bertz CT molecular complexity index is 193. The van der Waals surface area contributed by atoms with E-state index in [2.05, 4.69) is 23.6 Å². The van der Waals surface area contributed by atoms with Gasteiger partial charge in [-0.05, 0) is 18.6 Å². The fraction of sp³-hybridized carbons (Fsp3) is 0.286. The van der Waals surface area contributed by atoms with Crippen molar-refractivity contribution in [1.29, 1.82) is 0 Å². The van der Waals surface area contributed by atoms with Gasteiger partial charge >= 0.3 is 0 Å². The molecule has 0 aliphatic rings. The van der Waals surface area contributed by atoms with Crippen molar-refractivity contribution in [2.24, 2.45) is 0 Å². The van der Waals surface area contributed by atoms with Gasteiger partial charge in [-0.2, -0.15) is 0 Å². The zero-order chi connectivity index (χ0) is 7.40. The average Bonchev–Trinajstić information content (AvgIpc) is 2.05. The van der Waals surface area contributed by atoms with Gasteiger partial charge in [-0.1, -0.05) is 0 Å². The van der Waals surface area contributed by atoms with Gasteiger partial charge in [-0.15, -0.1) is 23.5 Å². The number of hydrogen-bond acceptors (Lipinski definition) is 3. The number of nitrogens with zero attached hydrogens (tertiary/aromatic N) is 1. The zero-order valence-electron chi connectivity index (χ0n) is 6.00. The second kappa shape index (κ2) is 3.88. The normalized spacial score (nSPS) is 9.80. The molecule has 0 fully saturated rings. The molecule has 54 valence electrons. The monoisotopic (exact) mass is 171 g/mol. The molecule has 0 amide bonds. The maximum Gasteiger partial charge on any atom is 0.0404 e. The minimum absolute atomic E-state index is 1.23. The number of hydrogen-bond donors (Lipinski definition) is 0. The van der Waals surface area contributed by atoms with Gasteiger partial charge in [-0.3, -0.25) is 4.98 Å². The Morgan fingerprint density at radius 2 is 1.60 bits per heavy atom. The second-order valence-electron chi connectivity index (χ2n) is 1.76. The van der Waals surface area contributed by atoms with E-state index < -0.39 is 0 Å². The smallest absolute Gasteiger partial charge is 0.0404 e. The first-order valence-corrected chi connectivity index (χ1v) is 5.35. The highest BCUT2D eigenvalue weighted by Gasteiger charge is 1.91. The summed E-state index contributed by atoms with van der Waals surface area (Å²) in [6, 6.07) is 2.14. The molecule has 0 aromatic carbocycles. The molecule has 0 aliphatic carbocycles. The van der Waals surface area contributed by atoms with Crippen LogP contribution in [0.4, 0.5) is 0 Å². The van der Waals surface area contributed by atoms with Crippen molar-refractivity contribution < 1.29 is 0 Å². The molecule has 3 heteroatoms. The lowest BCUT2D eigenvalue weighted by Gasteiger charge is -1.96. The third-order valence-electron chi connectivity index (χ3n) is 1.16. The molecule has 0 unspecified atom stereocenters. The van der Waals surface area contributed by atoms with Gasteiger partial charge in [0.25, 0.3) is 0 Å². The van der Waals surface area contributed by atoms with Crippen LogP contribution in [0.2, 0.25) is 0 Å². The van der Waals surface area contributed by atoms with Crippen LogP contribution in [-0.2, 0) is 0 Å². The highest BCUT2D eigenvalue weighted by atomic mass is 32.2. The molecule has 1 heterocycles. The van der Waals surface area contributed by atoms with Crippen LogP contribution in [0.3, 0.4) is 0 Å². The highest BCUT2D eigenvalue weighted by molar-refractivity contribution is 7.99. The summed E-state index contributed by atoms with van der Waals surface area (Å²) in [5.41, 5.74) is 0. The first-order chi connectivity index (χ1) is 4.86.